The van der Waals surface area contributed by atoms with Crippen molar-refractivity contribution in [2.24, 2.45) is 5.92 Å². The van der Waals surface area contributed by atoms with E-state index in [0.717, 1.165) is 44.7 Å². The van der Waals surface area contributed by atoms with Crippen LogP contribution in [0.2, 0.25) is 0 Å². The topological polar surface area (TPSA) is 59.4 Å². The maximum atomic E-state index is 12.3. The second kappa shape index (κ2) is 8.99. The minimum Gasteiger partial charge on any atom is -0.383 e. The van der Waals surface area contributed by atoms with E-state index in [1.54, 1.807) is 7.11 Å². The largest absolute Gasteiger partial charge is 0.383 e. The Balaban J connectivity index is 1.80. The number of carbonyl (C=O) groups is 1. The summed E-state index contributed by atoms with van der Waals surface area (Å²) in [6, 6.07) is 0.0684. The summed E-state index contributed by atoms with van der Waals surface area (Å²) in [6.07, 6.45) is 5.77. The average Bonchev–Trinajstić information content (AvgIpc) is 2.88. The predicted octanol–water partition coefficient (Wildman–Crippen LogP) is 1.74. The van der Waals surface area contributed by atoms with Crippen molar-refractivity contribution in [2.45, 2.75) is 45.8 Å². The number of hydrogen-bond acceptors (Lipinski definition) is 4. The number of ether oxygens (including phenoxy) is 1. The summed E-state index contributed by atoms with van der Waals surface area (Å²) in [5.41, 5.74) is 2.33. The highest BCUT2D eigenvalue weighted by molar-refractivity contribution is 5.79. The summed E-state index contributed by atoms with van der Waals surface area (Å²) in [7, 11) is 1.65. The van der Waals surface area contributed by atoms with Gasteiger partial charge in [-0.25, -0.2) is 0 Å². The number of aryl methyl sites for hydroxylation is 1. The molecule has 0 spiro atoms. The zero-order chi connectivity index (χ0) is 17.5. The van der Waals surface area contributed by atoms with Crippen molar-refractivity contribution < 1.29 is 9.53 Å². The molecular weight excluding hydrogens is 304 g/mol. The summed E-state index contributed by atoms with van der Waals surface area (Å²) in [4.78, 5) is 14.7. The SMILES string of the molecule is C=CCn1cc(CN2CCC(C(=O)NC(C)COC)CC2)c(C)n1. The van der Waals surface area contributed by atoms with Crippen LogP contribution in [0.5, 0.6) is 0 Å². The Kier molecular flexibility index (Phi) is 6.99. The normalized spacial score (nSPS) is 17.6. The van der Waals surface area contributed by atoms with E-state index in [1.807, 2.05) is 24.6 Å². The number of aromatic nitrogens is 2. The lowest BCUT2D eigenvalue weighted by Gasteiger charge is -2.31. The fourth-order valence-electron chi connectivity index (χ4n) is 3.19. The molecule has 1 unspecified atom stereocenters. The fourth-order valence-corrected chi connectivity index (χ4v) is 3.19. The van der Waals surface area contributed by atoms with E-state index in [1.165, 1.54) is 5.56 Å². The molecule has 0 bridgehead atoms. The van der Waals surface area contributed by atoms with E-state index >= 15 is 0 Å². The van der Waals surface area contributed by atoms with E-state index in [9.17, 15) is 4.79 Å². The van der Waals surface area contributed by atoms with Crippen molar-refractivity contribution in [3.8, 4) is 0 Å². The first-order chi connectivity index (χ1) is 11.5. The second-order valence-electron chi connectivity index (χ2n) is 6.67. The first kappa shape index (κ1) is 18.7. The van der Waals surface area contributed by atoms with Crippen LogP contribution in [0.25, 0.3) is 0 Å². The first-order valence-electron chi connectivity index (χ1n) is 8.69. The maximum absolute atomic E-state index is 12.3. The highest BCUT2D eigenvalue weighted by atomic mass is 16.5. The summed E-state index contributed by atoms with van der Waals surface area (Å²) in [6.45, 7) is 11.9. The molecule has 0 aromatic carbocycles. The van der Waals surface area contributed by atoms with Crippen molar-refractivity contribution >= 4 is 5.91 Å². The minimum atomic E-state index is 0.0684. The van der Waals surface area contributed by atoms with Crippen molar-refractivity contribution in [1.29, 1.82) is 0 Å². The number of allylic oxidation sites excluding steroid dienone is 1. The monoisotopic (exact) mass is 334 g/mol. The van der Waals surface area contributed by atoms with Gasteiger partial charge in [-0.1, -0.05) is 6.08 Å². The Morgan fingerprint density at radius 3 is 2.88 bits per heavy atom. The van der Waals surface area contributed by atoms with Gasteiger partial charge < -0.3 is 10.1 Å². The van der Waals surface area contributed by atoms with Crippen LogP contribution in [0.4, 0.5) is 0 Å². The molecule has 6 heteroatoms. The van der Waals surface area contributed by atoms with E-state index in [0.29, 0.717) is 6.61 Å². The molecule has 1 aliphatic heterocycles. The number of likely N-dealkylation sites (tertiary alicyclic amines) is 1. The van der Waals surface area contributed by atoms with Crippen LogP contribution in [0.15, 0.2) is 18.9 Å². The lowest BCUT2D eigenvalue weighted by Crippen LogP contribution is -2.44. The molecule has 1 aliphatic rings. The molecular formula is C18H30N4O2. The van der Waals surface area contributed by atoms with Crippen LogP contribution in [0.3, 0.4) is 0 Å². The molecule has 6 nitrogen and oxygen atoms in total. The minimum absolute atomic E-state index is 0.0684. The van der Waals surface area contributed by atoms with E-state index < -0.39 is 0 Å². The molecule has 0 radical (unpaired) electrons. The van der Waals surface area contributed by atoms with Gasteiger partial charge in [0.25, 0.3) is 0 Å². The zero-order valence-electron chi connectivity index (χ0n) is 15.1. The summed E-state index contributed by atoms with van der Waals surface area (Å²) >= 11 is 0. The van der Waals surface area contributed by atoms with Crippen molar-refractivity contribution in [3.63, 3.8) is 0 Å². The van der Waals surface area contributed by atoms with Crippen LogP contribution < -0.4 is 5.32 Å². The molecule has 1 atom stereocenters. The number of hydrogen-bond donors (Lipinski definition) is 1. The van der Waals surface area contributed by atoms with Crippen LogP contribution in [0.1, 0.15) is 31.0 Å². The molecule has 2 rings (SSSR count). The van der Waals surface area contributed by atoms with Gasteiger partial charge in [-0.05, 0) is 39.8 Å². The molecule has 1 fully saturated rings. The Morgan fingerprint density at radius 1 is 1.54 bits per heavy atom. The molecule has 1 amide bonds. The highest BCUT2D eigenvalue weighted by Gasteiger charge is 2.26. The number of carbonyl (C=O) groups excluding carboxylic acids is 1. The second-order valence-corrected chi connectivity index (χ2v) is 6.67. The Labute approximate surface area is 144 Å². The molecule has 1 saturated heterocycles. The van der Waals surface area contributed by atoms with E-state index in [-0.39, 0.29) is 17.9 Å². The van der Waals surface area contributed by atoms with Crippen molar-refractivity contribution in [1.82, 2.24) is 20.0 Å². The van der Waals surface area contributed by atoms with Gasteiger partial charge in [-0.2, -0.15) is 5.10 Å². The van der Waals surface area contributed by atoms with Gasteiger partial charge in [-0.3, -0.25) is 14.4 Å². The van der Waals surface area contributed by atoms with Crippen LogP contribution in [0, 0.1) is 12.8 Å². The predicted molar refractivity (Wildman–Crippen MR) is 94.6 cm³/mol. The fraction of sp³-hybridized carbons (Fsp3) is 0.667. The Morgan fingerprint density at radius 2 is 2.25 bits per heavy atom. The van der Waals surface area contributed by atoms with Gasteiger partial charge in [0.15, 0.2) is 0 Å². The van der Waals surface area contributed by atoms with E-state index in [2.05, 4.69) is 28.1 Å². The van der Waals surface area contributed by atoms with Crippen molar-refractivity contribution in [3.05, 3.63) is 30.1 Å². The Bertz CT molecular complexity index is 547. The van der Waals surface area contributed by atoms with Crippen LogP contribution >= 0.6 is 0 Å². The van der Waals surface area contributed by atoms with Gasteiger partial charge in [-0.15, -0.1) is 6.58 Å². The van der Waals surface area contributed by atoms with Crippen molar-refractivity contribution in [2.75, 3.05) is 26.8 Å². The van der Waals surface area contributed by atoms with Gasteiger partial charge in [0.05, 0.1) is 18.8 Å². The molecule has 0 saturated carbocycles. The third-order valence-electron chi connectivity index (χ3n) is 4.52. The lowest BCUT2D eigenvalue weighted by molar-refractivity contribution is -0.127. The maximum Gasteiger partial charge on any atom is 0.223 e. The molecule has 1 aromatic heterocycles. The number of rotatable bonds is 8. The number of nitrogens with one attached hydrogen (secondary N) is 1. The van der Waals surface area contributed by atoms with Gasteiger partial charge in [0.2, 0.25) is 5.91 Å². The van der Waals surface area contributed by atoms with Gasteiger partial charge in [0.1, 0.15) is 0 Å². The number of nitrogens with zero attached hydrogens (tertiary/aromatic N) is 3. The lowest BCUT2D eigenvalue weighted by atomic mass is 9.95. The van der Waals surface area contributed by atoms with Gasteiger partial charge >= 0.3 is 0 Å². The molecule has 1 N–H and O–H groups in total. The zero-order valence-corrected chi connectivity index (χ0v) is 15.1. The third-order valence-corrected chi connectivity index (χ3v) is 4.52. The standard InChI is InChI=1S/C18H30N4O2/c1-5-8-22-12-17(15(3)20-22)11-21-9-6-16(7-10-21)18(23)19-14(2)13-24-4/h5,12,14,16H,1,6-11,13H2,2-4H3,(H,19,23). The van der Waals surface area contributed by atoms with E-state index in [4.69, 9.17) is 4.74 Å². The number of methoxy groups -OCH3 is 1. The smallest absolute Gasteiger partial charge is 0.223 e. The number of piperidine rings is 1. The van der Waals surface area contributed by atoms with Gasteiger partial charge in [0, 0.05) is 37.4 Å². The molecule has 2 heterocycles. The Hall–Kier alpha value is -1.66. The number of amides is 1. The summed E-state index contributed by atoms with van der Waals surface area (Å²) in [5, 5.41) is 7.54. The molecule has 1 aromatic rings. The molecule has 24 heavy (non-hydrogen) atoms. The quantitative estimate of drug-likeness (QED) is 0.736. The summed E-state index contributed by atoms with van der Waals surface area (Å²) < 4.78 is 6.99. The summed E-state index contributed by atoms with van der Waals surface area (Å²) in [5.74, 6) is 0.277. The first-order valence-corrected chi connectivity index (χ1v) is 8.69. The molecule has 0 aliphatic carbocycles. The average molecular weight is 334 g/mol. The van der Waals surface area contributed by atoms with Crippen LogP contribution in [-0.4, -0.2) is 53.4 Å². The van der Waals surface area contributed by atoms with Crippen LogP contribution in [-0.2, 0) is 22.6 Å². The highest BCUT2D eigenvalue weighted by Crippen LogP contribution is 2.20. The third kappa shape index (κ3) is 5.18. The molecule has 134 valence electrons.